The average molecular weight is 476 g/mol. The van der Waals surface area contributed by atoms with Crippen LogP contribution in [-0.2, 0) is 18.8 Å². The maximum Gasteiger partial charge on any atom is 0.434 e. The molecular formula is C22H21ClF3N7. The molecule has 3 aromatic heterocycles. The van der Waals surface area contributed by atoms with Gasteiger partial charge in [0.25, 0.3) is 0 Å². The van der Waals surface area contributed by atoms with Crippen LogP contribution in [0.4, 0.5) is 19.0 Å². The topological polar surface area (TPSA) is 73.5 Å². The fourth-order valence-electron chi connectivity index (χ4n) is 4.00. The van der Waals surface area contributed by atoms with E-state index in [0.29, 0.717) is 28.2 Å². The first kappa shape index (κ1) is 21.7. The van der Waals surface area contributed by atoms with E-state index < -0.39 is 11.9 Å². The normalized spacial score (nSPS) is 15.4. The Morgan fingerprint density at radius 2 is 1.76 bits per heavy atom. The fraction of sp³-hybridized carbons (Fsp3) is 0.364. The van der Waals surface area contributed by atoms with Crippen molar-refractivity contribution in [1.29, 1.82) is 0 Å². The van der Waals surface area contributed by atoms with Crippen LogP contribution in [-0.4, -0.2) is 29.3 Å². The molecule has 4 aromatic rings. The summed E-state index contributed by atoms with van der Waals surface area (Å²) in [4.78, 5) is 12.4. The van der Waals surface area contributed by atoms with Gasteiger partial charge in [-0.05, 0) is 43.9 Å². The van der Waals surface area contributed by atoms with E-state index >= 15 is 0 Å². The molecule has 3 heterocycles. The lowest BCUT2D eigenvalue weighted by Gasteiger charge is -2.19. The fourth-order valence-corrected chi connectivity index (χ4v) is 4.17. The monoisotopic (exact) mass is 475 g/mol. The van der Waals surface area contributed by atoms with Gasteiger partial charge in [-0.1, -0.05) is 24.3 Å². The number of nitrogens with zero attached hydrogens (tertiary/aromatic N) is 6. The Labute approximate surface area is 192 Å². The molecule has 172 valence electrons. The number of imidazole rings is 1. The largest absolute Gasteiger partial charge is 0.434 e. The van der Waals surface area contributed by atoms with Crippen LogP contribution >= 0.6 is 11.6 Å². The number of halogens is 4. The zero-order chi connectivity index (χ0) is 23.5. The second kappa shape index (κ2) is 7.44. The minimum absolute atomic E-state index is 0.130. The Hall–Kier alpha value is -3.14. The summed E-state index contributed by atoms with van der Waals surface area (Å²) in [6.45, 7) is 3.65. The predicted molar refractivity (Wildman–Crippen MR) is 119 cm³/mol. The molecule has 1 aliphatic rings. The maximum absolute atomic E-state index is 13.2. The minimum atomic E-state index is -4.49. The second-order valence-electron chi connectivity index (χ2n) is 8.61. The van der Waals surface area contributed by atoms with Gasteiger partial charge in [-0.15, -0.1) is 0 Å². The van der Waals surface area contributed by atoms with Gasteiger partial charge < -0.3 is 9.88 Å². The third-order valence-electron chi connectivity index (χ3n) is 5.83. The highest BCUT2D eigenvalue weighted by Crippen LogP contribution is 2.49. The van der Waals surface area contributed by atoms with Crippen LogP contribution in [0, 0.1) is 0 Å². The van der Waals surface area contributed by atoms with Crippen molar-refractivity contribution in [3.8, 4) is 11.4 Å². The summed E-state index contributed by atoms with van der Waals surface area (Å²) >= 11 is 6.10. The van der Waals surface area contributed by atoms with Crippen LogP contribution in [0.2, 0.25) is 5.28 Å². The second-order valence-corrected chi connectivity index (χ2v) is 8.95. The lowest BCUT2D eigenvalue weighted by atomic mass is 10.0. The SMILES string of the molecule is CC(C)n1cc(C(F)(F)F)nc1-c1ccc(C2(Nc3nc(Cl)nc4cn(C)nc34)CC2)cc1. The molecule has 0 saturated heterocycles. The van der Waals surface area contributed by atoms with Crippen molar-refractivity contribution in [3.63, 3.8) is 0 Å². The molecule has 0 radical (unpaired) electrons. The van der Waals surface area contributed by atoms with Gasteiger partial charge in [0.15, 0.2) is 17.0 Å². The first-order valence-corrected chi connectivity index (χ1v) is 10.9. The van der Waals surface area contributed by atoms with E-state index in [0.717, 1.165) is 24.6 Å². The Kier molecular flexibility index (Phi) is 4.89. The summed E-state index contributed by atoms with van der Waals surface area (Å²) in [6.07, 6.45) is 0.0952. The highest BCUT2D eigenvalue weighted by molar-refractivity contribution is 6.28. The molecule has 1 aromatic carbocycles. The first-order valence-electron chi connectivity index (χ1n) is 10.5. The number of aryl methyl sites for hydroxylation is 1. The minimum Gasteiger partial charge on any atom is -0.359 e. The zero-order valence-electron chi connectivity index (χ0n) is 18.2. The molecule has 0 amide bonds. The van der Waals surface area contributed by atoms with Crippen LogP contribution in [0.25, 0.3) is 22.4 Å². The van der Waals surface area contributed by atoms with E-state index in [1.54, 1.807) is 22.5 Å². The van der Waals surface area contributed by atoms with E-state index in [4.69, 9.17) is 11.6 Å². The average Bonchev–Trinajstić information content (AvgIpc) is 3.19. The highest BCUT2D eigenvalue weighted by atomic mass is 35.5. The Balaban J connectivity index is 1.47. The quantitative estimate of drug-likeness (QED) is 0.381. The molecule has 11 heteroatoms. The molecule has 0 aliphatic heterocycles. The number of fused-ring (bicyclic) bond motifs is 1. The number of benzene rings is 1. The lowest BCUT2D eigenvalue weighted by Crippen LogP contribution is -2.20. The van der Waals surface area contributed by atoms with Gasteiger partial charge in [-0.25, -0.2) is 9.97 Å². The number of nitrogens with one attached hydrogen (secondary N) is 1. The summed E-state index contributed by atoms with van der Waals surface area (Å²) < 4.78 is 42.9. The summed E-state index contributed by atoms with van der Waals surface area (Å²) in [5.74, 6) is 0.844. The van der Waals surface area contributed by atoms with Gasteiger partial charge in [-0.2, -0.15) is 23.3 Å². The van der Waals surface area contributed by atoms with Crippen molar-refractivity contribution in [2.45, 2.75) is 44.4 Å². The van der Waals surface area contributed by atoms with Crippen LogP contribution in [0.15, 0.2) is 36.7 Å². The summed E-state index contributed by atoms with van der Waals surface area (Å²) in [6, 6.07) is 7.28. The van der Waals surface area contributed by atoms with E-state index in [1.165, 1.54) is 0 Å². The van der Waals surface area contributed by atoms with Crippen molar-refractivity contribution in [1.82, 2.24) is 29.3 Å². The van der Waals surface area contributed by atoms with Gasteiger partial charge in [0, 0.05) is 24.8 Å². The van der Waals surface area contributed by atoms with Crippen molar-refractivity contribution in [2.75, 3.05) is 5.32 Å². The van der Waals surface area contributed by atoms with Crippen LogP contribution < -0.4 is 5.32 Å². The van der Waals surface area contributed by atoms with E-state index in [2.05, 4.69) is 25.4 Å². The van der Waals surface area contributed by atoms with Gasteiger partial charge >= 0.3 is 6.18 Å². The molecule has 1 N–H and O–H groups in total. The molecule has 1 fully saturated rings. The molecule has 0 spiro atoms. The summed E-state index contributed by atoms with van der Waals surface area (Å²) in [5.41, 5.74) is 1.66. The molecule has 7 nitrogen and oxygen atoms in total. The van der Waals surface area contributed by atoms with Gasteiger partial charge in [0.05, 0.1) is 11.7 Å². The molecule has 0 unspecified atom stereocenters. The van der Waals surface area contributed by atoms with Crippen LogP contribution in [0.3, 0.4) is 0 Å². The number of hydrogen-bond donors (Lipinski definition) is 1. The number of alkyl halides is 3. The third kappa shape index (κ3) is 3.92. The smallest absolute Gasteiger partial charge is 0.359 e. The number of rotatable bonds is 5. The number of hydrogen-bond acceptors (Lipinski definition) is 5. The molecule has 0 atom stereocenters. The van der Waals surface area contributed by atoms with E-state index in [1.807, 2.05) is 38.1 Å². The third-order valence-corrected chi connectivity index (χ3v) is 6.00. The Bertz CT molecular complexity index is 1330. The Morgan fingerprint density at radius 3 is 2.36 bits per heavy atom. The van der Waals surface area contributed by atoms with Gasteiger partial charge in [-0.3, -0.25) is 4.68 Å². The molecule has 1 aliphatic carbocycles. The molecular weight excluding hydrogens is 455 g/mol. The van der Waals surface area contributed by atoms with E-state index in [-0.39, 0.29) is 16.9 Å². The van der Waals surface area contributed by atoms with E-state index in [9.17, 15) is 13.2 Å². The lowest BCUT2D eigenvalue weighted by molar-refractivity contribution is -0.140. The maximum atomic E-state index is 13.2. The van der Waals surface area contributed by atoms with Crippen molar-refractivity contribution >= 4 is 28.5 Å². The predicted octanol–water partition coefficient (Wildman–Crippen LogP) is 5.58. The van der Waals surface area contributed by atoms with Gasteiger partial charge in [0.2, 0.25) is 5.28 Å². The van der Waals surface area contributed by atoms with Crippen LogP contribution in [0.5, 0.6) is 0 Å². The Morgan fingerprint density at radius 1 is 1.06 bits per heavy atom. The van der Waals surface area contributed by atoms with Crippen LogP contribution in [0.1, 0.15) is 44.0 Å². The van der Waals surface area contributed by atoms with Crippen molar-refractivity contribution < 1.29 is 13.2 Å². The number of anilines is 1. The molecule has 1 saturated carbocycles. The van der Waals surface area contributed by atoms with Crippen molar-refractivity contribution in [2.24, 2.45) is 7.05 Å². The summed E-state index contributed by atoms with van der Waals surface area (Å²) in [7, 11) is 1.80. The molecule has 33 heavy (non-hydrogen) atoms. The zero-order valence-corrected chi connectivity index (χ0v) is 18.9. The first-order chi connectivity index (χ1) is 15.6. The van der Waals surface area contributed by atoms with Gasteiger partial charge in [0.1, 0.15) is 11.3 Å². The summed E-state index contributed by atoms with van der Waals surface area (Å²) in [5, 5.41) is 8.03. The number of aromatic nitrogens is 6. The van der Waals surface area contributed by atoms with Crippen molar-refractivity contribution in [3.05, 3.63) is 53.2 Å². The molecule has 0 bridgehead atoms. The highest BCUT2D eigenvalue weighted by Gasteiger charge is 2.45. The standard InChI is InChI=1S/C22H21ClF3N7/c1-12(2)33-11-16(22(24,25)26)28-19(33)13-4-6-14(7-5-13)21(8-9-21)30-18-17-15(10-32(3)31-17)27-20(23)29-18/h4-7,10-12H,8-9H2,1-3H3,(H,27,29,30). The molecule has 5 rings (SSSR count).